The minimum Gasteiger partial charge on any atom is -0.306 e. The van der Waals surface area contributed by atoms with E-state index in [0.29, 0.717) is 16.6 Å². The molecule has 0 bridgehead atoms. The van der Waals surface area contributed by atoms with Gasteiger partial charge >= 0.3 is 0 Å². The molecule has 1 atom stereocenters. The van der Waals surface area contributed by atoms with Crippen LogP contribution in [0.1, 0.15) is 23.6 Å². The van der Waals surface area contributed by atoms with Gasteiger partial charge in [-0.1, -0.05) is 35.3 Å². The molecule has 0 amide bonds. The van der Waals surface area contributed by atoms with Gasteiger partial charge in [0.05, 0.1) is 10.0 Å². The average Bonchev–Trinajstić information content (AvgIpc) is 2.49. The lowest BCUT2D eigenvalue weighted by Crippen LogP contribution is -2.24. The minimum atomic E-state index is -0.191. The summed E-state index contributed by atoms with van der Waals surface area (Å²) in [4.78, 5) is 1.15. The number of nitrogens with one attached hydrogen (secondary N) is 1. The van der Waals surface area contributed by atoms with E-state index >= 15 is 0 Å². The zero-order chi connectivity index (χ0) is 14.8. The molecule has 21 heavy (non-hydrogen) atoms. The molecule has 5 heteroatoms. The largest absolute Gasteiger partial charge is 0.306 e. The Morgan fingerprint density at radius 3 is 2.95 bits per heavy atom. The molecule has 1 aliphatic heterocycles. The van der Waals surface area contributed by atoms with Crippen LogP contribution in [-0.2, 0) is 6.54 Å². The Bertz CT molecular complexity index is 663. The number of halogens is 3. The van der Waals surface area contributed by atoms with E-state index in [4.69, 9.17) is 23.2 Å². The topological polar surface area (TPSA) is 12.0 Å². The van der Waals surface area contributed by atoms with Crippen LogP contribution in [0.4, 0.5) is 4.39 Å². The fourth-order valence-corrected chi connectivity index (χ4v) is 3.99. The molecule has 3 rings (SSSR count). The first-order valence-electron chi connectivity index (χ1n) is 6.73. The number of hydrogen-bond donors (Lipinski definition) is 1. The maximum atomic E-state index is 13.5. The van der Waals surface area contributed by atoms with Gasteiger partial charge in [0.1, 0.15) is 5.82 Å². The first-order valence-corrected chi connectivity index (χ1v) is 8.48. The molecule has 0 aliphatic carbocycles. The van der Waals surface area contributed by atoms with Gasteiger partial charge in [0.15, 0.2) is 0 Å². The van der Waals surface area contributed by atoms with Crippen LogP contribution in [0.2, 0.25) is 10.0 Å². The standard InChI is InChI=1S/C16H14Cl2FNS/c17-13-3-1-2-10(16(13)18)9-20-14-6-7-21-15-5-4-11(19)8-12(14)15/h1-5,8,14,20H,6-7,9H2. The molecule has 0 saturated carbocycles. The van der Waals surface area contributed by atoms with Crippen molar-refractivity contribution in [3.05, 3.63) is 63.4 Å². The van der Waals surface area contributed by atoms with E-state index < -0.39 is 0 Å². The molecule has 0 radical (unpaired) electrons. The number of fused-ring (bicyclic) bond motifs is 1. The second-order valence-corrected chi connectivity index (χ2v) is 6.89. The van der Waals surface area contributed by atoms with Crippen LogP contribution in [-0.4, -0.2) is 5.75 Å². The first-order chi connectivity index (χ1) is 10.1. The van der Waals surface area contributed by atoms with Gasteiger partial charge in [-0.15, -0.1) is 11.8 Å². The molecule has 0 aromatic heterocycles. The molecule has 0 saturated heterocycles. The fraction of sp³-hybridized carbons (Fsp3) is 0.250. The van der Waals surface area contributed by atoms with E-state index in [1.54, 1.807) is 23.9 Å². The lowest BCUT2D eigenvalue weighted by atomic mass is 10.0. The van der Waals surface area contributed by atoms with E-state index in [1.807, 2.05) is 18.2 Å². The maximum absolute atomic E-state index is 13.5. The molecule has 1 nitrogen and oxygen atoms in total. The Hall–Kier alpha value is -0.740. The predicted octanol–water partition coefficient (Wildman–Crippen LogP) is 5.46. The maximum Gasteiger partial charge on any atom is 0.123 e. The van der Waals surface area contributed by atoms with Gasteiger partial charge in [-0.3, -0.25) is 0 Å². The monoisotopic (exact) mass is 341 g/mol. The molecule has 1 heterocycles. The van der Waals surface area contributed by atoms with E-state index in [-0.39, 0.29) is 11.9 Å². The van der Waals surface area contributed by atoms with Crippen molar-refractivity contribution in [1.29, 1.82) is 0 Å². The Morgan fingerprint density at radius 1 is 1.24 bits per heavy atom. The van der Waals surface area contributed by atoms with Crippen molar-refractivity contribution in [2.75, 3.05) is 5.75 Å². The molecule has 1 unspecified atom stereocenters. The van der Waals surface area contributed by atoms with Crippen molar-refractivity contribution in [2.24, 2.45) is 0 Å². The quantitative estimate of drug-likeness (QED) is 0.795. The van der Waals surface area contributed by atoms with Crippen molar-refractivity contribution >= 4 is 35.0 Å². The van der Waals surface area contributed by atoms with Crippen LogP contribution in [0, 0.1) is 5.82 Å². The molecule has 0 spiro atoms. The highest BCUT2D eigenvalue weighted by atomic mass is 35.5. The highest BCUT2D eigenvalue weighted by Crippen LogP contribution is 2.37. The van der Waals surface area contributed by atoms with Gasteiger partial charge in [-0.2, -0.15) is 0 Å². The molecular weight excluding hydrogens is 328 g/mol. The Kier molecular flexibility index (Phi) is 4.75. The van der Waals surface area contributed by atoms with Gasteiger partial charge < -0.3 is 5.32 Å². The van der Waals surface area contributed by atoms with E-state index in [9.17, 15) is 4.39 Å². The third-order valence-electron chi connectivity index (χ3n) is 3.58. The summed E-state index contributed by atoms with van der Waals surface area (Å²) in [5.41, 5.74) is 1.99. The normalized spacial score (nSPS) is 17.6. The molecule has 110 valence electrons. The second kappa shape index (κ2) is 6.57. The van der Waals surface area contributed by atoms with Crippen LogP contribution in [0.3, 0.4) is 0 Å². The lowest BCUT2D eigenvalue weighted by molar-refractivity contribution is 0.504. The Morgan fingerprint density at radius 2 is 2.10 bits per heavy atom. The number of rotatable bonds is 3. The summed E-state index contributed by atoms with van der Waals surface area (Å²) >= 11 is 14.0. The zero-order valence-electron chi connectivity index (χ0n) is 11.2. The highest BCUT2D eigenvalue weighted by molar-refractivity contribution is 7.99. The minimum absolute atomic E-state index is 0.145. The third-order valence-corrected chi connectivity index (χ3v) is 5.56. The van der Waals surface area contributed by atoms with Crippen LogP contribution in [0.5, 0.6) is 0 Å². The molecule has 1 N–H and O–H groups in total. The lowest BCUT2D eigenvalue weighted by Gasteiger charge is -2.26. The molecule has 0 fully saturated rings. The van der Waals surface area contributed by atoms with Gasteiger partial charge in [-0.25, -0.2) is 4.39 Å². The molecule has 2 aromatic carbocycles. The smallest absolute Gasteiger partial charge is 0.123 e. The first kappa shape index (κ1) is 15.2. The summed E-state index contributed by atoms with van der Waals surface area (Å²) < 4.78 is 13.5. The van der Waals surface area contributed by atoms with Crippen molar-refractivity contribution in [2.45, 2.75) is 23.9 Å². The van der Waals surface area contributed by atoms with Crippen LogP contribution in [0.15, 0.2) is 41.3 Å². The summed E-state index contributed by atoms with van der Waals surface area (Å²) in [7, 11) is 0. The second-order valence-electron chi connectivity index (χ2n) is 4.97. The van der Waals surface area contributed by atoms with Crippen molar-refractivity contribution < 1.29 is 4.39 Å². The van der Waals surface area contributed by atoms with Crippen LogP contribution in [0.25, 0.3) is 0 Å². The molecule has 2 aromatic rings. The van der Waals surface area contributed by atoms with E-state index in [2.05, 4.69) is 5.32 Å². The van der Waals surface area contributed by atoms with Gasteiger partial charge in [-0.05, 0) is 47.6 Å². The van der Waals surface area contributed by atoms with Gasteiger partial charge in [0, 0.05) is 17.5 Å². The number of benzene rings is 2. The summed E-state index contributed by atoms with van der Waals surface area (Å²) in [5.74, 6) is 0.836. The zero-order valence-corrected chi connectivity index (χ0v) is 13.5. The summed E-state index contributed by atoms with van der Waals surface area (Å²) in [6, 6.07) is 10.7. The number of hydrogen-bond acceptors (Lipinski definition) is 2. The summed E-state index contributed by atoms with van der Waals surface area (Å²) in [6.07, 6.45) is 0.972. The van der Waals surface area contributed by atoms with E-state index in [0.717, 1.165) is 28.2 Å². The summed E-state index contributed by atoms with van der Waals surface area (Å²) in [6.45, 7) is 0.616. The average molecular weight is 342 g/mol. The van der Waals surface area contributed by atoms with Crippen molar-refractivity contribution in [3.63, 3.8) is 0 Å². The van der Waals surface area contributed by atoms with Gasteiger partial charge in [0.25, 0.3) is 0 Å². The molecular formula is C16H14Cl2FNS. The Balaban J connectivity index is 1.78. The van der Waals surface area contributed by atoms with Crippen LogP contribution >= 0.6 is 35.0 Å². The van der Waals surface area contributed by atoms with Crippen molar-refractivity contribution in [3.8, 4) is 0 Å². The van der Waals surface area contributed by atoms with Crippen LogP contribution < -0.4 is 5.32 Å². The Labute approximate surface area is 137 Å². The predicted molar refractivity (Wildman–Crippen MR) is 87.8 cm³/mol. The van der Waals surface area contributed by atoms with E-state index in [1.165, 1.54) is 6.07 Å². The highest BCUT2D eigenvalue weighted by Gasteiger charge is 2.21. The number of thioether (sulfide) groups is 1. The molecule has 1 aliphatic rings. The van der Waals surface area contributed by atoms with Crippen molar-refractivity contribution in [1.82, 2.24) is 5.32 Å². The fourth-order valence-electron chi connectivity index (χ4n) is 2.50. The third kappa shape index (κ3) is 3.37. The SMILES string of the molecule is Fc1ccc2c(c1)C(NCc1cccc(Cl)c1Cl)CCS2. The van der Waals surface area contributed by atoms with Gasteiger partial charge in [0.2, 0.25) is 0 Å². The summed E-state index contributed by atoms with van der Waals surface area (Å²) in [5, 5.41) is 4.60.